The lowest BCUT2D eigenvalue weighted by Crippen LogP contribution is -2.62. The maximum atomic E-state index is 11.1. The van der Waals surface area contributed by atoms with Crippen LogP contribution in [0.2, 0.25) is 0 Å². The first kappa shape index (κ1) is 14.8. The Bertz CT molecular complexity index is 353. The summed E-state index contributed by atoms with van der Waals surface area (Å²) in [6, 6.07) is 0. The number of hydrogen-bond donors (Lipinski definition) is 4. The van der Waals surface area contributed by atoms with Crippen LogP contribution >= 0.6 is 0 Å². The molecular weight excluding hydrogens is 256 g/mol. The van der Waals surface area contributed by atoms with Crippen LogP contribution in [0.15, 0.2) is 0 Å². The standard InChI is InChI=1S/C8H16O8S/c1-15-8-5(11)3(9)4(10)6(16-8)7(12)17(2,13)14/h3-12H,1-2H3/t3-,4-,5+,6-,7?,8-/m0/s1. The van der Waals surface area contributed by atoms with Gasteiger partial charge in [-0.15, -0.1) is 0 Å². The molecule has 1 aliphatic heterocycles. The molecule has 0 aromatic heterocycles. The van der Waals surface area contributed by atoms with E-state index in [2.05, 4.69) is 4.74 Å². The number of hydrogen-bond acceptors (Lipinski definition) is 8. The molecule has 1 saturated heterocycles. The van der Waals surface area contributed by atoms with Gasteiger partial charge in [0.05, 0.1) is 0 Å². The maximum Gasteiger partial charge on any atom is 0.186 e. The summed E-state index contributed by atoms with van der Waals surface area (Å²) in [5.41, 5.74) is -2.02. The molecule has 17 heavy (non-hydrogen) atoms. The van der Waals surface area contributed by atoms with Crippen LogP contribution in [0.3, 0.4) is 0 Å². The lowest BCUT2D eigenvalue weighted by atomic mass is 9.99. The normalized spacial score (nSPS) is 41.2. The Kier molecular flexibility index (Phi) is 4.47. The van der Waals surface area contributed by atoms with Crippen LogP contribution < -0.4 is 0 Å². The van der Waals surface area contributed by atoms with Crippen molar-refractivity contribution >= 4 is 9.84 Å². The van der Waals surface area contributed by atoms with Crippen molar-refractivity contribution in [3.05, 3.63) is 0 Å². The molecule has 1 fully saturated rings. The van der Waals surface area contributed by atoms with Gasteiger partial charge in [0.25, 0.3) is 0 Å². The molecule has 0 saturated carbocycles. The zero-order chi connectivity index (χ0) is 13.4. The predicted molar refractivity (Wildman–Crippen MR) is 54.5 cm³/mol. The Morgan fingerprint density at radius 3 is 2.12 bits per heavy atom. The van der Waals surface area contributed by atoms with Gasteiger partial charge in [0.1, 0.15) is 24.4 Å². The van der Waals surface area contributed by atoms with E-state index in [0.717, 1.165) is 6.26 Å². The summed E-state index contributed by atoms with van der Waals surface area (Å²) in [5.74, 6) is 0. The van der Waals surface area contributed by atoms with E-state index >= 15 is 0 Å². The van der Waals surface area contributed by atoms with Crippen molar-refractivity contribution in [1.29, 1.82) is 0 Å². The molecule has 6 atom stereocenters. The molecule has 0 aliphatic carbocycles. The van der Waals surface area contributed by atoms with Gasteiger partial charge in [0.2, 0.25) is 0 Å². The molecule has 0 radical (unpaired) electrons. The van der Waals surface area contributed by atoms with E-state index < -0.39 is 46.0 Å². The first-order valence-electron chi connectivity index (χ1n) is 4.79. The lowest BCUT2D eigenvalue weighted by molar-refractivity contribution is -0.297. The van der Waals surface area contributed by atoms with E-state index in [1.54, 1.807) is 0 Å². The minimum atomic E-state index is -3.89. The Morgan fingerprint density at radius 1 is 1.18 bits per heavy atom. The average Bonchev–Trinajstić information content (AvgIpc) is 2.24. The number of methoxy groups -OCH3 is 1. The molecule has 0 aromatic rings. The van der Waals surface area contributed by atoms with Gasteiger partial charge >= 0.3 is 0 Å². The SMILES string of the molecule is CO[C@H]1O[C@H](C(O)S(C)(=O)=O)[C@@H](O)[C@H](O)[C@H]1O. The summed E-state index contributed by atoms with van der Waals surface area (Å²) < 4.78 is 31.8. The van der Waals surface area contributed by atoms with Crippen molar-refractivity contribution in [3.8, 4) is 0 Å². The topological polar surface area (TPSA) is 134 Å². The number of aliphatic hydroxyl groups is 4. The van der Waals surface area contributed by atoms with E-state index in [4.69, 9.17) is 4.74 Å². The average molecular weight is 272 g/mol. The number of sulfone groups is 1. The molecule has 4 N–H and O–H groups in total. The second-order valence-corrected chi connectivity index (χ2v) is 6.04. The Hall–Kier alpha value is -0.290. The highest BCUT2D eigenvalue weighted by atomic mass is 32.2. The first-order valence-corrected chi connectivity index (χ1v) is 6.75. The van der Waals surface area contributed by atoms with Crippen LogP contribution in [0.25, 0.3) is 0 Å². The fourth-order valence-electron chi connectivity index (χ4n) is 1.55. The zero-order valence-electron chi connectivity index (χ0n) is 9.29. The molecule has 0 amide bonds. The summed E-state index contributed by atoms with van der Waals surface area (Å²) in [4.78, 5) is 0. The first-order chi connectivity index (χ1) is 7.70. The van der Waals surface area contributed by atoms with E-state index in [-0.39, 0.29) is 0 Å². The van der Waals surface area contributed by atoms with Gasteiger partial charge in [-0.05, 0) is 0 Å². The summed E-state index contributed by atoms with van der Waals surface area (Å²) in [5, 5.41) is 37.9. The van der Waals surface area contributed by atoms with Crippen LogP contribution in [-0.4, -0.2) is 78.4 Å². The molecule has 1 rings (SSSR count). The molecule has 0 spiro atoms. The van der Waals surface area contributed by atoms with Crippen molar-refractivity contribution in [3.63, 3.8) is 0 Å². The number of rotatable bonds is 3. The molecule has 0 aromatic carbocycles. The van der Waals surface area contributed by atoms with Crippen LogP contribution in [0.1, 0.15) is 0 Å². The number of aliphatic hydroxyl groups excluding tert-OH is 4. The smallest absolute Gasteiger partial charge is 0.186 e. The predicted octanol–water partition coefficient (Wildman–Crippen LogP) is -3.20. The third-order valence-corrected chi connectivity index (χ3v) is 3.70. The molecular formula is C8H16O8S. The molecule has 8 nitrogen and oxygen atoms in total. The van der Waals surface area contributed by atoms with Crippen molar-refractivity contribution in [2.75, 3.05) is 13.4 Å². The molecule has 1 aliphatic rings. The van der Waals surface area contributed by atoms with Crippen LogP contribution in [-0.2, 0) is 19.3 Å². The van der Waals surface area contributed by atoms with Gasteiger partial charge in [0.15, 0.2) is 21.6 Å². The fraction of sp³-hybridized carbons (Fsp3) is 1.00. The van der Waals surface area contributed by atoms with E-state index in [0.29, 0.717) is 0 Å². The van der Waals surface area contributed by atoms with Crippen LogP contribution in [0, 0.1) is 0 Å². The molecule has 0 bridgehead atoms. The maximum absolute atomic E-state index is 11.1. The van der Waals surface area contributed by atoms with Gasteiger partial charge in [-0.1, -0.05) is 0 Å². The highest BCUT2D eigenvalue weighted by molar-refractivity contribution is 7.91. The van der Waals surface area contributed by atoms with E-state index in [1.165, 1.54) is 7.11 Å². The second-order valence-electron chi connectivity index (χ2n) is 3.90. The summed E-state index contributed by atoms with van der Waals surface area (Å²) >= 11 is 0. The summed E-state index contributed by atoms with van der Waals surface area (Å²) in [7, 11) is -2.72. The van der Waals surface area contributed by atoms with Crippen molar-refractivity contribution in [1.82, 2.24) is 0 Å². The third kappa shape index (κ3) is 2.94. The molecule has 1 heterocycles. The minimum absolute atomic E-state index is 0.757. The van der Waals surface area contributed by atoms with E-state index in [9.17, 15) is 28.8 Å². The Morgan fingerprint density at radius 2 is 1.71 bits per heavy atom. The zero-order valence-corrected chi connectivity index (χ0v) is 10.1. The highest BCUT2D eigenvalue weighted by Crippen LogP contribution is 2.25. The highest BCUT2D eigenvalue weighted by Gasteiger charge is 2.48. The van der Waals surface area contributed by atoms with Crippen LogP contribution in [0.4, 0.5) is 0 Å². The molecule has 1 unspecified atom stereocenters. The van der Waals surface area contributed by atoms with Gasteiger partial charge in [-0.3, -0.25) is 0 Å². The van der Waals surface area contributed by atoms with Gasteiger partial charge in [-0.25, -0.2) is 8.42 Å². The molecule has 102 valence electrons. The second kappa shape index (κ2) is 5.14. The van der Waals surface area contributed by atoms with E-state index in [1.807, 2.05) is 0 Å². The van der Waals surface area contributed by atoms with Gasteiger partial charge in [-0.2, -0.15) is 0 Å². The number of ether oxygens (including phenoxy) is 2. The monoisotopic (exact) mass is 272 g/mol. The van der Waals surface area contributed by atoms with Gasteiger partial charge in [0, 0.05) is 13.4 Å². The summed E-state index contributed by atoms with van der Waals surface area (Å²) in [6.07, 6.45) is -7.09. The molecule has 9 heteroatoms. The quantitative estimate of drug-likeness (QED) is 0.422. The van der Waals surface area contributed by atoms with Gasteiger partial charge < -0.3 is 29.9 Å². The van der Waals surface area contributed by atoms with Crippen molar-refractivity contribution in [2.45, 2.75) is 36.1 Å². The summed E-state index contributed by atoms with van der Waals surface area (Å²) in [6.45, 7) is 0. The Labute approximate surface area is 98.3 Å². The fourth-order valence-corrected chi connectivity index (χ4v) is 2.26. The Balaban J connectivity index is 2.93. The van der Waals surface area contributed by atoms with Crippen molar-refractivity contribution < 1.29 is 38.3 Å². The lowest BCUT2D eigenvalue weighted by Gasteiger charge is -2.40. The largest absolute Gasteiger partial charge is 0.387 e. The minimum Gasteiger partial charge on any atom is -0.387 e. The van der Waals surface area contributed by atoms with Crippen molar-refractivity contribution in [2.24, 2.45) is 0 Å². The third-order valence-electron chi connectivity index (χ3n) is 2.56. The van der Waals surface area contributed by atoms with Crippen LogP contribution in [0.5, 0.6) is 0 Å².